The van der Waals surface area contributed by atoms with Gasteiger partial charge in [0.1, 0.15) is 10.7 Å². The Bertz CT molecular complexity index is 1500. The summed E-state index contributed by atoms with van der Waals surface area (Å²) in [5.41, 5.74) is 2.81. The molecule has 0 bridgehead atoms. The van der Waals surface area contributed by atoms with Crippen molar-refractivity contribution in [1.82, 2.24) is 24.6 Å². The van der Waals surface area contributed by atoms with Crippen LogP contribution in [0.3, 0.4) is 0 Å². The summed E-state index contributed by atoms with van der Waals surface area (Å²) in [5, 5.41) is 11.6. The molecule has 1 saturated carbocycles. The summed E-state index contributed by atoms with van der Waals surface area (Å²) in [5.74, 6) is 1.11. The van der Waals surface area contributed by atoms with Crippen molar-refractivity contribution >= 4 is 17.2 Å². The van der Waals surface area contributed by atoms with Crippen molar-refractivity contribution in [2.24, 2.45) is 5.92 Å². The summed E-state index contributed by atoms with van der Waals surface area (Å²) in [7, 11) is 0. The van der Waals surface area contributed by atoms with Gasteiger partial charge in [-0.1, -0.05) is 37.3 Å². The lowest BCUT2D eigenvalue weighted by molar-refractivity contribution is 0.0735. The highest BCUT2D eigenvalue weighted by Crippen LogP contribution is 2.36. The van der Waals surface area contributed by atoms with Crippen LogP contribution in [0.5, 0.6) is 0 Å². The molecule has 1 aliphatic heterocycles. The smallest absolute Gasteiger partial charge is 0.264 e. The minimum atomic E-state index is -0.212. The molecule has 8 nitrogen and oxygen atoms in total. The maximum atomic E-state index is 13.7. The Morgan fingerprint density at radius 2 is 1.97 bits per heavy atom. The van der Waals surface area contributed by atoms with Crippen LogP contribution in [0.15, 0.2) is 57.1 Å². The van der Waals surface area contributed by atoms with E-state index in [4.69, 9.17) is 4.42 Å². The largest absolute Gasteiger partial charge is 0.419 e. The van der Waals surface area contributed by atoms with Crippen LogP contribution in [0.25, 0.3) is 11.6 Å². The van der Waals surface area contributed by atoms with Gasteiger partial charge in [0.2, 0.25) is 5.89 Å². The van der Waals surface area contributed by atoms with Gasteiger partial charge in [-0.25, -0.2) is 4.98 Å². The molecule has 196 valence electrons. The molecule has 2 aliphatic rings. The zero-order valence-electron chi connectivity index (χ0n) is 21.7. The summed E-state index contributed by atoms with van der Waals surface area (Å²) in [4.78, 5) is 33.5. The van der Waals surface area contributed by atoms with Crippen LogP contribution in [-0.4, -0.2) is 37.1 Å². The summed E-state index contributed by atoms with van der Waals surface area (Å²) < 4.78 is 7.83. The van der Waals surface area contributed by atoms with Crippen LogP contribution >= 0.6 is 11.3 Å². The predicted molar refractivity (Wildman–Crippen MR) is 145 cm³/mol. The van der Waals surface area contributed by atoms with Crippen LogP contribution in [0, 0.1) is 12.8 Å². The summed E-state index contributed by atoms with van der Waals surface area (Å²) in [6, 6.07) is 13.3. The lowest BCUT2D eigenvalue weighted by Gasteiger charge is -2.23. The van der Waals surface area contributed by atoms with E-state index in [9.17, 15) is 9.59 Å². The van der Waals surface area contributed by atoms with Crippen molar-refractivity contribution in [3.8, 4) is 11.6 Å². The molecule has 38 heavy (non-hydrogen) atoms. The Morgan fingerprint density at radius 3 is 2.71 bits per heavy atom. The van der Waals surface area contributed by atoms with Crippen LogP contribution in [-0.2, 0) is 13.0 Å². The first-order valence-corrected chi connectivity index (χ1v) is 14.2. The number of thiazole rings is 1. The van der Waals surface area contributed by atoms with Gasteiger partial charge in [0.25, 0.3) is 17.4 Å². The van der Waals surface area contributed by atoms with Crippen LogP contribution in [0.2, 0.25) is 0 Å². The van der Waals surface area contributed by atoms with Gasteiger partial charge in [-0.05, 0) is 56.6 Å². The van der Waals surface area contributed by atoms with Crippen molar-refractivity contribution in [2.75, 3.05) is 6.54 Å². The van der Waals surface area contributed by atoms with Gasteiger partial charge in [-0.2, -0.15) is 0 Å². The van der Waals surface area contributed by atoms with Crippen molar-refractivity contribution in [3.05, 3.63) is 85.9 Å². The molecule has 1 aliphatic carbocycles. The van der Waals surface area contributed by atoms with Crippen LogP contribution < -0.4 is 5.56 Å². The standard InChI is InChI=1S/C29H31N5O3S/c1-18(13-20-7-4-3-5-8-20)26-31-32-27(37-26)24-14-22(15-25(35)34(24)16-21-10-11-21)29(36)33-12-6-9-23(33)28-30-19(2)17-38-28/h3-5,7-8,14-15,17-18,21,23H,6,9-13,16H2,1-2H3. The van der Waals surface area contributed by atoms with Gasteiger partial charge in [0.05, 0.1) is 6.04 Å². The second kappa shape index (κ2) is 10.3. The Morgan fingerprint density at radius 1 is 1.16 bits per heavy atom. The third-order valence-corrected chi connectivity index (χ3v) is 8.48. The Balaban J connectivity index is 1.32. The third-order valence-electron chi connectivity index (χ3n) is 7.41. The van der Waals surface area contributed by atoms with Gasteiger partial charge in [0, 0.05) is 41.7 Å². The summed E-state index contributed by atoms with van der Waals surface area (Å²) in [6.45, 7) is 5.25. The molecule has 2 unspecified atom stereocenters. The second-order valence-corrected chi connectivity index (χ2v) is 11.4. The fourth-order valence-corrected chi connectivity index (χ4v) is 6.14. The van der Waals surface area contributed by atoms with E-state index in [0.29, 0.717) is 36.2 Å². The zero-order valence-corrected chi connectivity index (χ0v) is 22.5. The number of nitrogens with zero attached hydrogens (tertiary/aromatic N) is 5. The highest BCUT2D eigenvalue weighted by Gasteiger charge is 2.34. The molecular formula is C29H31N5O3S. The number of likely N-dealkylation sites (tertiary alicyclic amines) is 1. The first kappa shape index (κ1) is 24.7. The van der Waals surface area contributed by atoms with Crippen molar-refractivity contribution < 1.29 is 9.21 Å². The zero-order chi connectivity index (χ0) is 26.2. The molecule has 0 radical (unpaired) electrons. The molecule has 3 aromatic heterocycles. The maximum absolute atomic E-state index is 13.7. The quantitative estimate of drug-likeness (QED) is 0.304. The summed E-state index contributed by atoms with van der Waals surface area (Å²) in [6.07, 6.45) is 4.74. The number of carbonyl (C=O) groups excluding carboxylic acids is 1. The molecule has 4 aromatic rings. The minimum Gasteiger partial charge on any atom is -0.419 e. The van der Waals surface area contributed by atoms with Crippen molar-refractivity contribution in [3.63, 3.8) is 0 Å². The average Bonchev–Trinajstić information content (AvgIpc) is 3.29. The van der Waals surface area contributed by atoms with E-state index < -0.39 is 0 Å². The Hall–Kier alpha value is -3.59. The number of aryl methyl sites for hydroxylation is 1. The highest BCUT2D eigenvalue weighted by atomic mass is 32.1. The number of aromatic nitrogens is 4. The lowest BCUT2D eigenvalue weighted by atomic mass is 10.0. The molecule has 1 amide bonds. The van der Waals surface area contributed by atoms with Gasteiger partial charge < -0.3 is 13.9 Å². The van der Waals surface area contributed by atoms with E-state index in [2.05, 4.69) is 34.2 Å². The second-order valence-electron chi connectivity index (χ2n) is 10.5. The molecule has 2 fully saturated rings. The molecule has 1 saturated heterocycles. The normalized spacial score (nSPS) is 18.2. The number of rotatable bonds is 8. The van der Waals surface area contributed by atoms with E-state index >= 15 is 0 Å². The average molecular weight is 530 g/mol. The van der Waals surface area contributed by atoms with Crippen molar-refractivity contribution in [2.45, 2.75) is 64.5 Å². The van der Waals surface area contributed by atoms with Gasteiger partial charge in [0.15, 0.2) is 0 Å². The molecule has 4 heterocycles. The Kier molecular flexibility index (Phi) is 6.69. The fourth-order valence-electron chi connectivity index (χ4n) is 5.19. The molecule has 1 aromatic carbocycles. The number of benzene rings is 1. The molecule has 0 N–H and O–H groups in total. The molecule has 9 heteroatoms. The van der Waals surface area contributed by atoms with Gasteiger partial charge in [-0.3, -0.25) is 9.59 Å². The maximum Gasteiger partial charge on any atom is 0.264 e. The monoisotopic (exact) mass is 529 g/mol. The van der Waals surface area contributed by atoms with E-state index in [1.807, 2.05) is 35.4 Å². The van der Waals surface area contributed by atoms with Crippen LogP contribution in [0.4, 0.5) is 0 Å². The number of amides is 1. The number of hydrogen-bond donors (Lipinski definition) is 0. The van der Waals surface area contributed by atoms with E-state index in [1.54, 1.807) is 22.0 Å². The lowest BCUT2D eigenvalue weighted by Crippen LogP contribution is -2.32. The molecule has 0 spiro atoms. The van der Waals surface area contributed by atoms with Gasteiger partial charge in [-0.15, -0.1) is 21.5 Å². The molecule has 2 atom stereocenters. The Labute approximate surface area is 225 Å². The number of hydrogen-bond acceptors (Lipinski definition) is 7. The van der Waals surface area contributed by atoms with Crippen molar-refractivity contribution in [1.29, 1.82) is 0 Å². The van der Waals surface area contributed by atoms with E-state index in [-0.39, 0.29) is 29.3 Å². The third kappa shape index (κ3) is 5.07. The number of carbonyl (C=O) groups is 1. The highest BCUT2D eigenvalue weighted by molar-refractivity contribution is 7.09. The fraction of sp³-hybridized carbons (Fsp3) is 0.414. The van der Waals surface area contributed by atoms with E-state index in [0.717, 1.165) is 42.8 Å². The topological polar surface area (TPSA) is 94.1 Å². The number of pyridine rings is 1. The first-order valence-electron chi connectivity index (χ1n) is 13.3. The summed E-state index contributed by atoms with van der Waals surface area (Å²) >= 11 is 1.58. The van der Waals surface area contributed by atoms with Crippen LogP contribution in [0.1, 0.15) is 77.1 Å². The van der Waals surface area contributed by atoms with Gasteiger partial charge >= 0.3 is 0 Å². The van der Waals surface area contributed by atoms with E-state index in [1.165, 1.54) is 11.6 Å². The first-order chi connectivity index (χ1) is 18.5. The SMILES string of the molecule is Cc1csc(C2CCCN2C(=O)c2cc(-c3nnc(C(C)Cc4ccccc4)o3)n(CC3CC3)c(=O)c2)n1. The predicted octanol–water partition coefficient (Wildman–Crippen LogP) is 5.40. The molecular weight excluding hydrogens is 498 g/mol. The molecule has 6 rings (SSSR count). The minimum absolute atomic E-state index is 0.0131.